The average molecular weight is 241 g/mol. The van der Waals surface area contributed by atoms with Gasteiger partial charge in [-0.3, -0.25) is 0 Å². The minimum absolute atomic E-state index is 0.275. The SMILES string of the molecule is CC(C)COCCNCc1cccc(F)c1O. The van der Waals surface area contributed by atoms with Crippen molar-refractivity contribution in [1.82, 2.24) is 5.32 Å². The molecular weight excluding hydrogens is 221 g/mol. The van der Waals surface area contributed by atoms with Crippen molar-refractivity contribution in [2.24, 2.45) is 5.92 Å². The van der Waals surface area contributed by atoms with Crippen LogP contribution in [0.4, 0.5) is 4.39 Å². The van der Waals surface area contributed by atoms with E-state index in [-0.39, 0.29) is 5.75 Å². The normalized spacial score (nSPS) is 11.1. The molecule has 0 fully saturated rings. The number of hydrogen-bond acceptors (Lipinski definition) is 3. The number of nitrogens with one attached hydrogen (secondary N) is 1. The fourth-order valence-electron chi connectivity index (χ4n) is 1.39. The number of phenolic OH excluding ortho intramolecular Hbond substituents is 1. The summed E-state index contributed by atoms with van der Waals surface area (Å²) in [5, 5.41) is 12.5. The molecule has 0 unspecified atom stereocenters. The van der Waals surface area contributed by atoms with Gasteiger partial charge in [-0.1, -0.05) is 26.0 Å². The molecule has 3 nitrogen and oxygen atoms in total. The van der Waals surface area contributed by atoms with Gasteiger partial charge in [0.1, 0.15) is 0 Å². The predicted octanol–water partition coefficient (Wildman–Crippen LogP) is 2.29. The number of rotatable bonds is 7. The molecule has 17 heavy (non-hydrogen) atoms. The lowest BCUT2D eigenvalue weighted by molar-refractivity contribution is 0.111. The summed E-state index contributed by atoms with van der Waals surface area (Å²) in [6, 6.07) is 4.52. The van der Waals surface area contributed by atoms with E-state index in [0.29, 0.717) is 31.2 Å². The summed E-state index contributed by atoms with van der Waals surface area (Å²) >= 11 is 0. The highest BCUT2D eigenvalue weighted by Crippen LogP contribution is 2.19. The van der Waals surface area contributed by atoms with Gasteiger partial charge in [-0.2, -0.15) is 0 Å². The van der Waals surface area contributed by atoms with Gasteiger partial charge in [0.2, 0.25) is 0 Å². The zero-order valence-corrected chi connectivity index (χ0v) is 10.4. The van der Waals surface area contributed by atoms with Crippen LogP contribution in [0.25, 0.3) is 0 Å². The van der Waals surface area contributed by atoms with E-state index in [1.54, 1.807) is 12.1 Å². The van der Waals surface area contributed by atoms with Gasteiger partial charge >= 0.3 is 0 Å². The summed E-state index contributed by atoms with van der Waals surface area (Å²) in [5.74, 6) is -0.328. The monoisotopic (exact) mass is 241 g/mol. The zero-order valence-electron chi connectivity index (χ0n) is 10.4. The van der Waals surface area contributed by atoms with Crippen LogP contribution in [0.2, 0.25) is 0 Å². The lowest BCUT2D eigenvalue weighted by Gasteiger charge is -2.09. The minimum atomic E-state index is -0.583. The molecule has 0 saturated heterocycles. The Kier molecular flexibility index (Phi) is 5.94. The number of halogens is 1. The van der Waals surface area contributed by atoms with Crippen molar-refractivity contribution >= 4 is 0 Å². The van der Waals surface area contributed by atoms with Gasteiger partial charge in [0.05, 0.1) is 6.61 Å². The minimum Gasteiger partial charge on any atom is -0.505 e. The van der Waals surface area contributed by atoms with Crippen LogP contribution in [0, 0.1) is 11.7 Å². The molecule has 0 atom stereocenters. The summed E-state index contributed by atoms with van der Waals surface area (Å²) in [5.41, 5.74) is 0.564. The first-order valence-electron chi connectivity index (χ1n) is 5.86. The maximum Gasteiger partial charge on any atom is 0.165 e. The van der Waals surface area contributed by atoms with Crippen molar-refractivity contribution in [2.45, 2.75) is 20.4 Å². The van der Waals surface area contributed by atoms with Crippen molar-refractivity contribution < 1.29 is 14.2 Å². The molecule has 4 heteroatoms. The molecule has 0 aromatic heterocycles. The standard InChI is InChI=1S/C13H20FNO2/c1-10(2)9-17-7-6-15-8-11-4-3-5-12(14)13(11)16/h3-5,10,15-16H,6-9H2,1-2H3. The topological polar surface area (TPSA) is 41.5 Å². The van der Waals surface area contributed by atoms with Crippen molar-refractivity contribution in [3.05, 3.63) is 29.6 Å². The molecule has 0 amide bonds. The Morgan fingerprint density at radius 3 is 2.88 bits per heavy atom. The first-order chi connectivity index (χ1) is 8.11. The number of hydrogen-bond donors (Lipinski definition) is 2. The summed E-state index contributed by atoms with van der Waals surface area (Å²) in [6.45, 7) is 6.68. The fourth-order valence-corrected chi connectivity index (χ4v) is 1.39. The van der Waals surface area contributed by atoms with E-state index in [4.69, 9.17) is 4.74 Å². The van der Waals surface area contributed by atoms with Crippen LogP contribution in [0.1, 0.15) is 19.4 Å². The molecule has 96 valence electrons. The molecule has 0 aliphatic heterocycles. The van der Waals surface area contributed by atoms with Crippen molar-refractivity contribution in [2.75, 3.05) is 19.8 Å². The van der Waals surface area contributed by atoms with Crippen molar-refractivity contribution in [3.63, 3.8) is 0 Å². The van der Waals surface area contributed by atoms with Crippen LogP contribution in [-0.4, -0.2) is 24.9 Å². The van der Waals surface area contributed by atoms with E-state index in [9.17, 15) is 9.50 Å². The van der Waals surface area contributed by atoms with Gasteiger partial charge in [-0.25, -0.2) is 4.39 Å². The van der Waals surface area contributed by atoms with E-state index in [2.05, 4.69) is 19.2 Å². The number of aromatic hydroxyl groups is 1. The Morgan fingerprint density at radius 1 is 1.41 bits per heavy atom. The van der Waals surface area contributed by atoms with Crippen LogP contribution < -0.4 is 5.32 Å². The zero-order chi connectivity index (χ0) is 12.7. The van der Waals surface area contributed by atoms with Gasteiger partial charge in [-0.05, 0) is 12.0 Å². The van der Waals surface area contributed by atoms with Crippen LogP contribution in [0.15, 0.2) is 18.2 Å². The second-order valence-corrected chi connectivity index (χ2v) is 4.39. The molecule has 0 aliphatic rings. The summed E-state index contributed by atoms with van der Waals surface area (Å²) in [7, 11) is 0. The lowest BCUT2D eigenvalue weighted by atomic mass is 10.2. The summed E-state index contributed by atoms with van der Waals surface area (Å²) < 4.78 is 18.4. The molecule has 0 spiro atoms. The van der Waals surface area contributed by atoms with Gasteiger partial charge in [0, 0.05) is 25.3 Å². The number of para-hydroxylation sites is 1. The highest BCUT2D eigenvalue weighted by Gasteiger charge is 2.05. The maximum atomic E-state index is 13.0. The first kappa shape index (κ1) is 13.9. The molecule has 1 rings (SSSR count). The number of ether oxygens (including phenoxy) is 1. The van der Waals surface area contributed by atoms with Gasteiger partial charge in [-0.15, -0.1) is 0 Å². The van der Waals surface area contributed by atoms with Gasteiger partial charge < -0.3 is 15.2 Å². The quantitative estimate of drug-likeness (QED) is 0.720. The molecule has 2 N–H and O–H groups in total. The fraction of sp³-hybridized carbons (Fsp3) is 0.538. The van der Waals surface area contributed by atoms with E-state index >= 15 is 0 Å². The molecule has 1 aromatic carbocycles. The molecular formula is C13H20FNO2. The smallest absolute Gasteiger partial charge is 0.165 e. The second kappa shape index (κ2) is 7.25. The molecule has 0 bridgehead atoms. The Morgan fingerprint density at radius 2 is 2.18 bits per heavy atom. The van der Waals surface area contributed by atoms with Crippen LogP contribution in [-0.2, 0) is 11.3 Å². The maximum absolute atomic E-state index is 13.0. The second-order valence-electron chi connectivity index (χ2n) is 4.39. The first-order valence-corrected chi connectivity index (χ1v) is 5.86. The van der Waals surface area contributed by atoms with Crippen LogP contribution in [0.3, 0.4) is 0 Å². The molecule has 0 radical (unpaired) electrons. The largest absolute Gasteiger partial charge is 0.505 e. The number of benzene rings is 1. The Labute approximate surface area is 102 Å². The third-order valence-electron chi connectivity index (χ3n) is 2.26. The summed E-state index contributed by atoms with van der Waals surface area (Å²) in [6.07, 6.45) is 0. The highest BCUT2D eigenvalue weighted by molar-refractivity contribution is 5.33. The molecule has 0 saturated carbocycles. The molecule has 1 aromatic rings. The van der Waals surface area contributed by atoms with Crippen LogP contribution in [0.5, 0.6) is 5.75 Å². The Bertz CT molecular complexity index is 342. The van der Waals surface area contributed by atoms with E-state index in [0.717, 1.165) is 6.61 Å². The number of phenols is 1. The average Bonchev–Trinajstić information content (AvgIpc) is 2.28. The van der Waals surface area contributed by atoms with Crippen LogP contribution >= 0.6 is 0 Å². The Hall–Kier alpha value is -1.13. The molecule has 0 aliphatic carbocycles. The van der Waals surface area contributed by atoms with Gasteiger partial charge in [0.15, 0.2) is 11.6 Å². The summed E-state index contributed by atoms with van der Waals surface area (Å²) in [4.78, 5) is 0. The molecule has 0 heterocycles. The van der Waals surface area contributed by atoms with E-state index < -0.39 is 5.82 Å². The van der Waals surface area contributed by atoms with Gasteiger partial charge in [0.25, 0.3) is 0 Å². The third-order valence-corrected chi connectivity index (χ3v) is 2.26. The van der Waals surface area contributed by atoms with E-state index in [1.165, 1.54) is 6.07 Å². The van der Waals surface area contributed by atoms with Crippen molar-refractivity contribution in [1.29, 1.82) is 0 Å². The predicted molar refractivity (Wildman–Crippen MR) is 65.4 cm³/mol. The highest BCUT2D eigenvalue weighted by atomic mass is 19.1. The van der Waals surface area contributed by atoms with E-state index in [1.807, 2.05) is 0 Å². The lowest BCUT2D eigenvalue weighted by Crippen LogP contribution is -2.20. The van der Waals surface area contributed by atoms with Crippen molar-refractivity contribution in [3.8, 4) is 5.75 Å². The third kappa shape index (κ3) is 5.15. The Balaban J connectivity index is 2.20.